The minimum atomic E-state index is -0.848. The maximum atomic E-state index is 11.5. The molecule has 0 saturated carbocycles. The standard InChI is InChI=1S/C15H22O4/c1-6-10-7-13(19-5)11(8-12(10)18-4)14(9(2)3)15(16)17/h7-9,14H,6H2,1-5H3,(H,16,17). The Bertz CT molecular complexity index is 452. The van der Waals surface area contributed by atoms with Gasteiger partial charge in [-0.25, -0.2) is 0 Å². The summed E-state index contributed by atoms with van der Waals surface area (Å²) in [5.74, 6) is -0.151. The van der Waals surface area contributed by atoms with Crippen molar-refractivity contribution in [3.8, 4) is 11.5 Å². The van der Waals surface area contributed by atoms with Crippen LogP contribution >= 0.6 is 0 Å². The molecule has 1 atom stereocenters. The lowest BCUT2D eigenvalue weighted by Crippen LogP contribution is -2.18. The summed E-state index contributed by atoms with van der Waals surface area (Å²) in [5, 5.41) is 9.41. The van der Waals surface area contributed by atoms with Crippen LogP contribution in [0.25, 0.3) is 0 Å². The lowest BCUT2D eigenvalue weighted by Gasteiger charge is -2.21. The molecule has 1 aromatic carbocycles. The fraction of sp³-hybridized carbons (Fsp3) is 0.533. The average molecular weight is 266 g/mol. The fourth-order valence-corrected chi connectivity index (χ4v) is 2.28. The first-order chi connectivity index (χ1) is 8.96. The van der Waals surface area contributed by atoms with Crippen molar-refractivity contribution in [3.05, 3.63) is 23.3 Å². The Morgan fingerprint density at radius 3 is 2.16 bits per heavy atom. The molecule has 0 aliphatic heterocycles. The number of hydrogen-bond donors (Lipinski definition) is 1. The van der Waals surface area contributed by atoms with Crippen molar-refractivity contribution in [3.63, 3.8) is 0 Å². The van der Waals surface area contributed by atoms with Gasteiger partial charge in [0, 0.05) is 5.56 Å². The van der Waals surface area contributed by atoms with E-state index >= 15 is 0 Å². The van der Waals surface area contributed by atoms with Gasteiger partial charge in [0.05, 0.1) is 20.1 Å². The molecule has 0 amide bonds. The summed E-state index contributed by atoms with van der Waals surface area (Å²) >= 11 is 0. The van der Waals surface area contributed by atoms with Crippen LogP contribution in [-0.4, -0.2) is 25.3 Å². The molecule has 0 aromatic heterocycles. The summed E-state index contributed by atoms with van der Waals surface area (Å²) in [7, 11) is 3.15. The van der Waals surface area contributed by atoms with E-state index in [0.29, 0.717) is 17.1 Å². The van der Waals surface area contributed by atoms with E-state index in [4.69, 9.17) is 9.47 Å². The predicted molar refractivity (Wildman–Crippen MR) is 74.1 cm³/mol. The van der Waals surface area contributed by atoms with Gasteiger partial charge in [-0.2, -0.15) is 0 Å². The molecule has 0 radical (unpaired) electrons. The van der Waals surface area contributed by atoms with Gasteiger partial charge < -0.3 is 14.6 Å². The molecule has 0 saturated heterocycles. The Balaban J connectivity index is 3.43. The zero-order chi connectivity index (χ0) is 14.6. The Hall–Kier alpha value is -1.71. The first kappa shape index (κ1) is 15.3. The van der Waals surface area contributed by atoms with Gasteiger partial charge in [0.1, 0.15) is 11.5 Å². The third-order valence-corrected chi connectivity index (χ3v) is 3.28. The van der Waals surface area contributed by atoms with Crippen molar-refractivity contribution in [1.82, 2.24) is 0 Å². The van der Waals surface area contributed by atoms with Crippen molar-refractivity contribution in [1.29, 1.82) is 0 Å². The van der Waals surface area contributed by atoms with Gasteiger partial charge in [-0.3, -0.25) is 4.79 Å². The minimum absolute atomic E-state index is 0.0245. The second-order valence-corrected chi connectivity index (χ2v) is 4.82. The third-order valence-electron chi connectivity index (χ3n) is 3.28. The Morgan fingerprint density at radius 2 is 1.79 bits per heavy atom. The van der Waals surface area contributed by atoms with Crippen LogP contribution in [0.4, 0.5) is 0 Å². The molecule has 0 fully saturated rings. The Morgan fingerprint density at radius 1 is 1.21 bits per heavy atom. The molecular weight excluding hydrogens is 244 g/mol. The first-order valence-electron chi connectivity index (χ1n) is 6.43. The number of aliphatic carboxylic acids is 1. The Kier molecular flexibility index (Phi) is 5.21. The SMILES string of the molecule is CCc1cc(OC)c(C(C(=O)O)C(C)C)cc1OC. The van der Waals surface area contributed by atoms with E-state index in [1.54, 1.807) is 20.3 Å². The van der Waals surface area contributed by atoms with Crippen molar-refractivity contribution in [2.75, 3.05) is 14.2 Å². The number of carboxylic acid groups (broad SMARTS) is 1. The number of benzene rings is 1. The van der Waals surface area contributed by atoms with E-state index in [1.165, 1.54) is 0 Å². The first-order valence-corrected chi connectivity index (χ1v) is 6.43. The van der Waals surface area contributed by atoms with E-state index < -0.39 is 11.9 Å². The molecule has 4 heteroatoms. The molecule has 4 nitrogen and oxygen atoms in total. The van der Waals surface area contributed by atoms with Gasteiger partial charge >= 0.3 is 5.97 Å². The van der Waals surface area contributed by atoms with Crippen LogP contribution in [0.2, 0.25) is 0 Å². The average Bonchev–Trinajstić information content (AvgIpc) is 2.37. The van der Waals surface area contributed by atoms with E-state index in [9.17, 15) is 9.90 Å². The van der Waals surface area contributed by atoms with Crippen LogP contribution in [0, 0.1) is 5.92 Å². The number of carbonyl (C=O) groups is 1. The Labute approximate surface area is 114 Å². The largest absolute Gasteiger partial charge is 0.496 e. The van der Waals surface area contributed by atoms with Gasteiger partial charge in [0.25, 0.3) is 0 Å². The number of methoxy groups -OCH3 is 2. The summed E-state index contributed by atoms with van der Waals surface area (Å²) in [6, 6.07) is 3.66. The van der Waals surface area contributed by atoms with Gasteiger partial charge in [-0.15, -0.1) is 0 Å². The van der Waals surface area contributed by atoms with Crippen LogP contribution in [0.5, 0.6) is 11.5 Å². The highest BCUT2D eigenvalue weighted by Crippen LogP contribution is 2.37. The highest BCUT2D eigenvalue weighted by molar-refractivity contribution is 5.78. The number of aryl methyl sites for hydroxylation is 1. The lowest BCUT2D eigenvalue weighted by atomic mass is 9.87. The molecule has 0 heterocycles. The second-order valence-electron chi connectivity index (χ2n) is 4.82. The summed E-state index contributed by atoms with van der Waals surface area (Å²) in [4.78, 5) is 11.5. The fourth-order valence-electron chi connectivity index (χ4n) is 2.28. The lowest BCUT2D eigenvalue weighted by molar-refractivity contribution is -0.139. The molecule has 0 spiro atoms. The summed E-state index contributed by atoms with van der Waals surface area (Å²) in [5.41, 5.74) is 1.68. The van der Waals surface area contributed by atoms with E-state index in [0.717, 1.165) is 12.0 Å². The van der Waals surface area contributed by atoms with Gasteiger partial charge in [0.2, 0.25) is 0 Å². The smallest absolute Gasteiger partial charge is 0.311 e. The van der Waals surface area contributed by atoms with E-state index in [1.807, 2.05) is 26.8 Å². The van der Waals surface area contributed by atoms with Crippen LogP contribution < -0.4 is 9.47 Å². The zero-order valence-electron chi connectivity index (χ0n) is 12.2. The van der Waals surface area contributed by atoms with Crippen LogP contribution in [-0.2, 0) is 11.2 Å². The van der Waals surface area contributed by atoms with Crippen LogP contribution in [0.1, 0.15) is 37.8 Å². The summed E-state index contributed by atoms with van der Waals surface area (Å²) < 4.78 is 10.7. The molecule has 0 aliphatic carbocycles. The molecule has 0 bridgehead atoms. The number of ether oxygens (including phenoxy) is 2. The highest BCUT2D eigenvalue weighted by Gasteiger charge is 2.28. The van der Waals surface area contributed by atoms with Gasteiger partial charge in [-0.1, -0.05) is 20.8 Å². The molecule has 0 aliphatic rings. The monoisotopic (exact) mass is 266 g/mol. The molecule has 1 unspecified atom stereocenters. The van der Waals surface area contributed by atoms with E-state index in [2.05, 4.69) is 0 Å². The van der Waals surface area contributed by atoms with Gasteiger partial charge in [0.15, 0.2) is 0 Å². The number of hydrogen-bond acceptors (Lipinski definition) is 3. The summed E-state index contributed by atoms with van der Waals surface area (Å²) in [6.45, 7) is 5.80. The minimum Gasteiger partial charge on any atom is -0.496 e. The molecule has 19 heavy (non-hydrogen) atoms. The number of rotatable bonds is 6. The molecular formula is C15H22O4. The normalized spacial score (nSPS) is 12.3. The molecule has 1 N–H and O–H groups in total. The van der Waals surface area contributed by atoms with Crippen LogP contribution in [0.15, 0.2) is 12.1 Å². The van der Waals surface area contributed by atoms with Crippen LogP contribution in [0.3, 0.4) is 0 Å². The maximum absolute atomic E-state index is 11.5. The van der Waals surface area contributed by atoms with Crippen molar-refractivity contribution in [2.45, 2.75) is 33.1 Å². The van der Waals surface area contributed by atoms with Crippen molar-refractivity contribution in [2.24, 2.45) is 5.92 Å². The van der Waals surface area contributed by atoms with Crippen molar-refractivity contribution < 1.29 is 19.4 Å². The van der Waals surface area contributed by atoms with Gasteiger partial charge in [-0.05, 0) is 30.0 Å². The highest BCUT2D eigenvalue weighted by atomic mass is 16.5. The third kappa shape index (κ3) is 3.19. The second kappa shape index (κ2) is 6.45. The maximum Gasteiger partial charge on any atom is 0.311 e. The van der Waals surface area contributed by atoms with Crippen molar-refractivity contribution >= 4 is 5.97 Å². The molecule has 1 rings (SSSR count). The summed E-state index contributed by atoms with van der Waals surface area (Å²) in [6.07, 6.45) is 0.805. The quantitative estimate of drug-likeness (QED) is 0.859. The molecule has 1 aromatic rings. The van der Waals surface area contributed by atoms with E-state index in [-0.39, 0.29) is 5.92 Å². The molecule has 106 valence electrons. The topological polar surface area (TPSA) is 55.8 Å². The number of carboxylic acids is 1. The predicted octanol–water partition coefficient (Wildman–Crippen LogP) is 3.09. The zero-order valence-corrected chi connectivity index (χ0v) is 12.2.